The van der Waals surface area contributed by atoms with E-state index in [1.165, 1.54) is 7.11 Å². The van der Waals surface area contributed by atoms with Gasteiger partial charge in [0.25, 0.3) is 0 Å². The van der Waals surface area contributed by atoms with Gasteiger partial charge in [0.2, 0.25) is 0 Å². The highest BCUT2D eigenvalue weighted by Gasteiger charge is 2.23. The Kier molecular flexibility index (Phi) is 3.96. The van der Waals surface area contributed by atoms with Gasteiger partial charge in [0.05, 0.1) is 11.1 Å². The maximum absolute atomic E-state index is 12.2. The normalized spacial score (nSPS) is 14.8. The second-order valence-corrected chi connectivity index (χ2v) is 5.36. The monoisotopic (exact) mass is 303 g/mol. The highest BCUT2D eigenvalue weighted by Crippen LogP contribution is 2.31. The van der Waals surface area contributed by atoms with Crippen molar-refractivity contribution < 1.29 is 18.7 Å². The Labute approximate surface area is 127 Å². The van der Waals surface area contributed by atoms with Crippen molar-refractivity contribution in [3.63, 3.8) is 0 Å². The van der Waals surface area contributed by atoms with Crippen LogP contribution in [0.1, 0.15) is 21.5 Å². The zero-order valence-electron chi connectivity index (χ0n) is 12.5. The number of rotatable bonds is 4. The van der Waals surface area contributed by atoms with E-state index in [4.69, 9.17) is 13.9 Å². The van der Waals surface area contributed by atoms with E-state index in [0.717, 1.165) is 23.9 Å². The molecule has 22 heavy (non-hydrogen) atoms. The van der Waals surface area contributed by atoms with Crippen LogP contribution in [0.2, 0.25) is 0 Å². The van der Waals surface area contributed by atoms with Gasteiger partial charge in [-0.05, 0) is 31.2 Å². The minimum Gasteiger partial charge on any atom is -0.467 e. The van der Waals surface area contributed by atoms with Crippen LogP contribution in [0.15, 0.2) is 21.3 Å². The van der Waals surface area contributed by atoms with Gasteiger partial charge in [0.15, 0.2) is 18.7 Å². The molecular formula is C16H17NO5. The van der Waals surface area contributed by atoms with E-state index in [1.54, 1.807) is 6.07 Å². The lowest BCUT2D eigenvalue weighted by molar-refractivity contribution is 0.0506. The van der Waals surface area contributed by atoms with E-state index >= 15 is 0 Å². The van der Waals surface area contributed by atoms with Crippen molar-refractivity contribution in [2.75, 3.05) is 27.5 Å². The number of nitrogens with zero attached hydrogens (tertiary/aromatic N) is 1. The molecule has 6 heteroatoms. The Hall–Kier alpha value is -2.18. The molecule has 0 radical (unpaired) electrons. The van der Waals surface area contributed by atoms with Gasteiger partial charge in [-0.15, -0.1) is 0 Å². The SMILES string of the molecule is COCOc1ccc2c3c(c(=O)oc2c1C=O)CN(C)CC3. The van der Waals surface area contributed by atoms with Crippen molar-refractivity contribution in [1.82, 2.24) is 4.90 Å². The van der Waals surface area contributed by atoms with Crippen molar-refractivity contribution in [1.29, 1.82) is 0 Å². The molecule has 0 bridgehead atoms. The minimum absolute atomic E-state index is 0.0202. The van der Waals surface area contributed by atoms with Gasteiger partial charge in [0.1, 0.15) is 5.75 Å². The fourth-order valence-electron chi connectivity index (χ4n) is 2.83. The van der Waals surface area contributed by atoms with Crippen molar-refractivity contribution in [2.45, 2.75) is 13.0 Å². The summed E-state index contributed by atoms with van der Waals surface area (Å²) in [5.74, 6) is 0.348. The molecule has 0 amide bonds. The lowest BCUT2D eigenvalue weighted by atomic mass is 9.96. The average molecular weight is 303 g/mol. The first-order chi connectivity index (χ1) is 10.7. The highest BCUT2D eigenvalue weighted by atomic mass is 16.7. The molecule has 0 saturated carbocycles. The van der Waals surface area contributed by atoms with Crippen LogP contribution in [0.25, 0.3) is 11.0 Å². The van der Waals surface area contributed by atoms with Crippen LogP contribution in [0, 0.1) is 0 Å². The third-order valence-corrected chi connectivity index (χ3v) is 3.91. The fraction of sp³-hybridized carbons (Fsp3) is 0.375. The molecule has 2 heterocycles. The number of hydrogen-bond donors (Lipinski definition) is 0. The molecule has 0 aliphatic carbocycles. The summed E-state index contributed by atoms with van der Waals surface area (Å²) in [5, 5.41) is 0.801. The minimum atomic E-state index is -0.388. The molecule has 0 spiro atoms. The second-order valence-electron chi connectivity index (χ2n) is 5.36. The molecule has 0 N–H and O–H groups in total. The molecule has 2 aromatic rings. The zero-order valence-corrected chi connectivity index (χ0v) is 12.5. The lowest BCUT2D eigenvalue weighted by Gasteiger charge is -2.24. The summed E-state index contributed by atoms with van der Waals surface area (Å²) in [6, 6.07) is 3.55. The van der Waals surface area contributed by atoms with E-state index < -0.39 is 0 Å². The quantitative estimate of drug-likeness (QED) is 0.485. The van der Waals surface area contributed by atoms with E-state index in [9.17, 15) is 9.59 Å². The first-order valence-corrected chi connectivity index (χ1v) is 7.02. The smallest absolute Gasteiger partial charge is 0.341 e. The number of aldehydes is 1. The van der Waals surface area contributed by atoms with Gasteiger partial charge in [0, 0.05) is 25.6 Å². The van der Waals surface area contributed by atoms with Crippen molar-refractivity contribution in [2.24, 2.45) is 0 Å². The summed E-state index contributed by atoms with van der Waals surface area (Å²) in [6.07, 6.45) is 1.40. The van der Waals surface area contributed by atoms with Crippen molar-refractivity contribution in [3.05, 3.63) is 39.2 Å². The number of fused-ring (bicyclic) bond motifs is 3. The van der Waals surface area contributed by atoms with Crippen LogP contribution < -0.4 is 10.4 Å². The molecule has 0 fully saturated rings. The molecule has 6 nitrogen and oxygen atoms in total. The molecule has 0 unspecified atom stereocenters. The summed E-state index contributed by atoms with van der Waals surface area (Å²) in [5.41, 5.74) is 1.78. The Balaban J connectivity index is 2.23. The van der Waals surface area contributed by atoms with Crippen LogP contribution in [-0.4, -0.2) is 38.7 Å². The Bertz CT molecular complexity index is 780. The maximum Gasteiger partial charge on any atom is 0.341 e. The second kappa shape index (κ2) is 5.90. The molecular weight excluding hydrogens is 286 g/mol. The highest BCUT2D eigenvalue weighted by molar-refractivity contribution is 5.98. The Morgan fingerprint density at radius 3 is 2.91 bits per heavy atom. The van der Waals surface area contributed by atoms with E-state index in [2.05, 4.69) is 4.90 Å². The summed E-state index contributed by atoms with van der Waals surface area (Å²) < 4.78 is 15.6. The van der Waals surface area contributed by atoms with Crippen LogP contribution >= 0.6 is 0 Å². The lowest BCUT2D eigenvalue weighted by Crippen LogP contribution is -2.31. The van der Waals surface area contributed by atoms with E-state index in [-0.39, 0.29) is 23.6 Å². The summed E-state index contributed by atoms with van der Waals surface area (Å²) >= 11 is 0. The van der Waals surface area contributed by atoms with Gasteiger partial charge in [-0.1, -0.05) is 0 Å². The Morgan fingerprint density at radius 1 is 1.36 bits per heavy atom. The number of likely N-dealkylation sites (N-methyl/N-ethyl adjacent to an activating group) is 1. The summed E-state index contributed by atoms with van der Waals surface area (Å²) in [4.78, 5) is 25.8. The first-order valence-electron chi connectivity index (χ1n) is 7.02. The third kappa shape index (κ3) is 2.40. The van der Waals surface area contributed by atoms with Crippen LogP contribution in [-0.2, 0) is 17.7 Å². The van der Waals surface area contributed by atoms with Gasteiger partial charge < -0.3 is 18.8 Å². The third-order valence-electron chi connectivity index (χ3n) is 3.91. The number of carbonyl (C=O) groups excluding carboxylic acids is 1. The van der Waals surface area contributed by atoms with Crippen LogP contribution in [0.4, 0.5) is 0 Å². The fourth-order valence-corrected chi connectivity index (χ4v) is 2.83. The molecule has 1 aliphatic rings. The molecule has 0 atom stereocenters. The van der Waals surface area contributed by atoms with Gasteiger partial charge >= 0.3 is 5.63 Å². The molecule has 116 valence electrons. The maximum atomic E-state index is 12.2. The molecule has 3 rings (SSSR count). The van der Waals surface area contributed by atoms with E-state index in [1.807, 2.05) is 13.1 Å². The number of carbonyl (C=O) groups is 1. The summed E-state index contributed by atoms with van der Waals surface area (Å²) in [7, 11) is 3.46. The standard InChI is InChI=1S/C16H17NO5/c1-17-6-5-10-11-3-4-14(21-9-20-2)13(8-18)15(11)22-16(19)12(10)7-17/h3-4,8H,5-7,9H2,1-2H3. The molecule has 0 saturated heterocycles. The molecule has 1 aliphatic heterocycles. The van der Waals surface area contributed by atoms with E-state index in [0.29, 0.717) is 24.1 Å². The number of benzene rings is 1. The van der Waals surface area contributed by atoms with Gasteiger partial charge in [-0.3, -0.25) is 4.79 Å². The summed E-state index contributed by atoms with van der Waals surface area (Å²) in [6.45, 7) is 1.45. The van der Waals surface area contributed by atoms with Gasteiger partial charge in [-0.2, -0.15) is 0 Å². The van der Waals surface area contributed by atoms with Crippen LogP contribution in [0.3, 0.4) is 0 Å². The van der Waals surface area contributed by atoms with Gasteiger partial charge in [-0.25, -0.2) is 4.79 Å². The largest absolute Gasteiger partial charge is 0.467 e. The molecule has 1 aromatic carbocycles. The number of ether oxygens (including phenoxy) is 2. The number of hydrogen-bond acceptors (Lipinski definition) is 6. The predicted molar refractivity (Wildman–Crippen MR) is 80.4 cm³/mol. The predicted octanol–water partition coefficient (Wildman–Crippen LogP) is 1.58. The first kappa shape index (κ1) is 14.7. The molecule has 1 aromatic heterocycles. The average Bonchev–Trinajstić information content (AvgIpc) is 2.52. The topological polar surface area (TPSA) is 69.0 Å². The number of methoxy groups -OCH3 is 1. The van der Waals surface area contributed by atoms with Crippen LogP contribution in [0.5, 0.6) is 5.75 Å². The van der Waals surface area contributed by atoms with Crippen molar-refractivity contribution >= 4 is 17.3 Å². The van der Waals surface area contributed by atoms with Crippen molar-refractivity contribution in [3.8, 4) is 5.75 Å². The Morgan fingerprint density at radius 2 is 2.18 bits per heavy atom. The zero-order chi connectivity index (χ0) is 15.7.